The van der Waals surface area contributed by atoms with Gasteiger partial charge in [0.1, 0.15) is 17.7 Å². The van der Waals surface area contributed by atoms with Gasteiger partial charge >= 0.3 is 5.76 Å². The lowest BCUT2D eigenvalue weighted by Crippen LogP contribution is -2.22. The smallest absolute Gasteiger partial charge is 0.392 e. The zero-order valence-electron chi connectivity index (χ0n) is 11.9. The van der Waals surface area contributed by atoms with Gasteiger partial charge in [-0.1, -0.05) is 26.8 Å². The molecule has 0 spiro atoms. The highest BCUT2D eigenvalue weighted by Crippen LogP contribution is 2.22. The number of nitrogens with zero attached hydrogens (tertiary/aromatic N) is 2. The standard InChI is InChI=1S/C14H16F2N2O3/c1-14(2,3)12-17-18(13(20)21-12)7-10(19)11-8(15)5-4-6-9(11)16/h4-6,10,19H,7H2,1-3H3. The minimum absolute atomic E-state index is 0.189. The van der Waals surface area contributed by atoms with Gasteiger partial charge in [0, 0.05) is 5.41 Å². The average Bonchev–Trinajstić information content (AvgIpc) is 2.70. The quantitative estimate of drug-likeness (QED) is 0.942. The molecule has 0 amide bonds. The van der Waals surface area contributed by atoms with Crippen molar-refractivity contribution in [3.8, 4) is 0 Å². The molecule has 0 aliphatic rings. The maximum absolute atomic E-state index is 13.6. The summed E-state index contributed by atoms with van der Waals surface area (Å²) in [4.78, 5) is 11.7. The van der Waals surface area contributed by atoms with Crippen molar-refractivity contribution in [2.45, 2.75) is 38.8 Å². The Morgan fingerprint density at radius 2 is 1.90 bits per heavy atom. The number of hydrogen-bond donors (Lipinski definition) is 1. The molecule has 1 atom stereocenters. The summed E-state index contributed by atoms with van der Waals surface area (Å²) in [7, 11) is 0. The molecule has 0 aliphatic carbocycles. The molecule has 0 saturated carbocycles. The van der Waals surface area contributed by atoms with Gasteiger partial charge in [-0.2, -0.15) is 4.68 Å². The highest BCUT2D eigenvalue weighted by molar-refractivity contribution is 5.21. The zero-order chi connectivity index (χ0) is 15.8. The van der Waals surface area contributed by atoms with Crippen molar-refractivity contribution < 1.29 is 18.3 Å². The van der Waals surface area contributed by atoms with Crippen LogP contribution in [0.3, 0.4) is 0 Å². The summed E-state index contributed by atoms with van der Waals surface area (Å²) in [5.74, 6) is -2.35. The van der Waals surface area contributed by atoms with Gasteiger partial charge in [0.05, 0.1) is 12.1 Å². The lowest BCUT2D eigenvalue weighted by molar-refractivity contribution is 0.139. The van der Waals surface area contributed by atoms with Gasteiger partial charge in [-0.25, -0.2) is 13.6 Å². The van der Waals surface area contributed by atoms with Crippen molar-refractivity contribution in [1.82, 2.24) is 9.78 Å². The van der Waals surface area contributed by atoms with Crippen LogP contribution in [0.4, 0.5) is 8.78 Å². The molecule has 2 aromatic rings. The maximum Gasteiger partial charge on any atom is 0.437 e. The van der Waals surface area contributed by atoms with E-state index in [2.05, 4.69) is 5.10 Å². The monoisotopic (exact) mass is 298 g/mol. The fourth-order valence-corrected chi connectivity index (χ4v) is 1.81. The van der Waals surface area contributed by atoms with E-state index in [9.17, 15) is 18.7 Å². The number of halogens is 2. The molecule has 0 radical (unpaired) electrons. The summed E-state index contributed by atoms with van der Waals surface area (Å²) in [6.45, 7) is 5.01. The molecule has 7 heteroatoms. The first kappa shape index (κ1) is 15.4. The number of aliphatic hydroxyl groups is 1. The Labute approximate surface area is 119 Å². The minimum Gasteiger partial charge on any atom is -0.392 e. The normalized spacial score (nSPS) is 13.4. The highest BCUT2D eigenvalue weighted by Gasteiger charge is 2.25. The van der Waals surface area contributed by atoms with E-state index in [0.717, 1.165) is 16.8 Å². The van der Waals surface area contributed by atoms with Gasteiger partial charge in [-0.05, 0) is 12.1 Å². The molecule has 114 valence electrons. The average molecular weight is 298 g/mol. The second kappa shape index (κ2) is 5.40. The summed E-state index contributed by atoms with van der Waals surface area (Å²) in [5, 5.41) is 13.9. The van der Waals surface area contributed by atoms with Gasteiger partial charge in [-0.15, -0.1) is 5.10 Å². The second-order valence-corrected chi connectivity index (χ2v) is 5.76. The third-order valence-electron chi connectivity index (χ3n) is 2.93. The van der Waals surface area contributed by atoms with E-state index in [1.165, 1.54) is 6.07 Å². The molecule has 1 aromatic carbocycles. The molecular formula is C14H16F2N2O3. The van der Waals surface area contributed by atoms with Gasteiger partial charge < -0.3 is 9.52 Å². The Morgan fingerprint density at radius 3 is 2.38 bits per heavy atom. The largest absolute Gasteiger partial charge is 0.437 e. The number of rotatable bonds is 3. The Hall–Kier alpha value is -2.02. The second-order valence-electron chi connectivity index (χ2n) is 5.76. The van der Waals surface area contributed by atoms with Gasteiger partial charge in [0.15, 0.2) is 0 Å². The summed E-state index contributed by atoms with van der Waals surface area (Å²) >= 11 is 0. The number of hydrogen-bond acceptors (Lipinski definition) is 4. The van der Waals surface area contributed by atoms with Crippen molar-refractivity contribution in [2.24, 2.45) is 0 Å². The summed E-state index contributed by atoms with van der Waals surface area (Å²) in [5.41, 5.74) is -0.983. The first-order valence-electron chi connectivity index (χ1n) is 6.40. The lowest BCUT2D eigenvalue weighted by Gasteiger charge is -2.13. The van der Waals surface area contributed by atoms with Gasteiger partial charge in [-0.3, -0.25) is 0 Å². The maximum atomic E-state index is 13.6. The van der Waals surface area contributed by atoms with E-state index in [-0.39, 0.29) is 5.89 Å². The van der Waals surface area contributed by atoms with Crippen LogP contribution < -0.4 is 5.76 Å². The summed E-state index contributed by atoms with van der Waals surface area (Å²) in [6, 6.07) is 3.27. The minimum atomic E-state index is -1.54. The molecule has 1 N–H and O–H groups in total. The molecule has 0 bridgehead atoms. The Bertz CT molecular complexity index is 681. The molecule has 0 saturated heterocycles. The number of aliphatic hydroxyl groups excluding tert-OH is 1. The third-order valence-corrected chi connectivity index (χ3v) is 2.93. The Morgan fingerprint density at radius 1 is 1.33 bits per heavy atom. The van der Waals surface area contributed by atoms with Crippen LogP contribution in [0.2, 0.25) is 0 Å². The van der Waals surface area contributed by atoms with E-state index in [1.807, 2.05) is 0 Å². The van der Waals surface area contributed by atoms with E-state index < -0.39 is 41.0 Å². The van der Waals surface area contributed by atoms with E-state index in [1.54, 1.807) is 20.8 Å². The van der Waals surface area contributed by atoms with Crippen LogP contribution in [0, 0.1) is 11.6 Å². The molecule has 21 heavy (non-hydrogen) atoms. The molecule has 2 rings (SSSR count). The molecule has 0 fully saturated rings. The van der Waals surface area contributed by atoms with E-state index in [4.69, 9.17) is 4.42 Å². The Balaban J connectivity index is 2.30. The predicted molar refractivity (Wildman–Crippen MR) is 70.8 cm³/mol. The van der Waals surface area contributed by atoms with Crippen molar-refractivity contribution in [2.75, 3.05) is 0 Å². The van der Waals surface area contributed by atoms with Gasteiger partial charge in [0.2, 0.25) is 5.89 Å². The first-order chi connectivity index (χ1) is 9.70. The SMILES string of the molecule is CC(C)(C)c1nn(CC(O)c2c(F)cccc2F)c(=O)o1. The fraction of sp³-hybridized carbons (Fsp3) is 0.429. The van der Waals surface area contributed by atoms with Crippen molar-refractivity contribution in [3.63, 3.8) is 0 Å². The zero-order valence-corrected chi connectivity index (χ0v) is 11.9. The number of benzene rings is 1. The Kier molecular flexibility index (Phi) is 3.95. The molecule has 1 unspecified atom stereocenters. The summed E-state index contributed by atoms with van der Waals surface area (Å²) < 4.78 is 33.0. The molecule has 5 nitrogen and oxygen atoms in total. The molecule has 1 aromatic heterocycles. The topological polar surface area (TPSA) is 68.3 Å². The van der Waals surface area contributed by atoms with Crippen LogP contribution >= 0.6 is 0 Å². The van der Waals surface area contributed by atoms with Crippen molar-refractivity contribution in [3.05, 3.63) is 51.8 Å². The lowest BCUT2D eigenvalue weighted by atomic mass is 9.97. The van der Waals surface area contributed by atoms with Gasteiger partial charge in [0.25, 0.3) is 0 Å². The van der Waals surface area contributed by atoms with Crippen LogP contribution in [0.15, 0.2) is 27.4 Å². The predicted octanol–water partition coefficient (Wildman–Crippen LogP) is 2.15. The van der Waals surface area contributed by atoms with Crippen molar-refractivity contribution in [1.29, 1.82) is 0 Å². The first-order valence-corrected chi connectivity index (χ1v) is 6.40. The van der Waals surface area contributed by atoms with Crippen molar-refractivity contribution >= 4 is 0 Å². The van der Waals surface area contributed by atoms with Crippen LogP contribution in [0.25, 0.3) is 0 Å². The summed E-state index contributed by atoms with van der Waals surface area (Å²) in [6.07, 6.45) is -1.54. The number of aromatic nitrogens is 2. The van der Waals surface area contributed by atoms with Crippen LogP contribution in [0.5, 0.6) is 0 Å². The molecule has 0 aliphatic heterocycles. The fourth-order valence-electron chi connectivity index (χ4n) is 1.81. The van der Waals surface area contributed by atoms with Crippen LogP contribution in [-0.2, 0) is 12.0 Å². The third kappa shape index (κ3) is 3.18. The molecule has 1 heterocycles. The molecular weight excluding hydrogens is 282 g/mol. The van der Waals surface area contributed by atoms with E-state index in [0.29, 0.717) is 0 Å². The van der Waals surface area contributed by atoms with E-state index >= 15 is 0 Å². The highest BCUT2D eigenvalue weighted by atomic mass is 19.1. The van der Waals surface area contributed by atoms with Crippen LogP contribution in [-0.4, -0.2) is 14.9 Å². The van der Waals surface area contributed by atoms with Crippen LogP contribution in [0.1, 0.15) is 38.3 Å².